The molecular formula is C23H17N3O2. The van der Waals surface area contributed by atoms with E-state index in [0.29, 0.717) is 22.8 Å². The molecule has 2 aromatic heterocycles. The minimum absolute atomic E-state index is 0.474. The Morgan fingerprint density at radius 2 is 1.71 bits per heavy atom. The van der Waals surface area contributed by atoms with Gasteiger partial charge < -0.3 is 14.1 Å². The van der Waals surface area contributed by atoms with E-state index in [-0.39, 0.29) is 0 Å². The Morgan fingerprint density at radius 3 is 2.61 bits per heavy atom. The van der Waals surface area contributed by atoms with Crippen LogP contribution in [0.1, 0.15) is 0 Å². The Hall–Kier alpha value is -3.86. The molecule has 0 atom stereocenters. The fraction of sp³-hybridized carbons (Fsp3) is 0.0435. The zero-order valence-electron chi connectivity index (χ0n) is 15.2. The van der Waals surface area contributed by atoms with Gasteiger partial charge in [-0.3, -0.25) is 0 Å². The van der Waals surface area contributed by atoms with Crippen LogP contribution in [0, 0.1) is 0 Å². The van der Waals surface area contributed by atoms with E-state index in [0.717, 1.165) is 27.6 Å². The highest BCUT2D eigenvalue weighted by molar-refractivity contribution is 5.83. The van der Waals surface area contributed by atoms with Gasteiger partial charge >= 0.3 is 0 Å². The van der Waals surface area contributed by atoms with Crippen LogP contribution < -0.4 is 10.3 Å². The smallest absolute Gasteiger partial charge is 0.231 e. The zero-order chi connectivity index (χ0) is 18.9. The van der Waals surface area contributed by atoms with E-state index in [2.05, 4.69) is 4.98 Å². The normalized spacial score (nSPS) is 12.0. The van der Waals surface area contributed by atoms with Crippen LogP contribution in [0.15, 0.2) is 88.3 Å². The summed E-state index contributed by atoms with van der Waals surface area (Å²) in [5.41, 5.74) is 4.59. The molecule has 2 heterocycles. The second-order valence-electron chi connectivity index (χ2n) is 6.39. The Labute approximate surface area is 161 Å². The van der Waals surface area contributed by atoms with Crippen LogP contribution in [0.5, 0.6) is 5.75 Å². The number of aromatic amines is 1. The van der Waals surface area contributed by atoms with Crippen LogP contribution in [0.25, 0.3) is 33.4 Å². The monoisotopic (exact) mass is 367 g/mol. The molecule has 28 heavy (non-hydrogen) atoms. The summed E-state index contributed by atoms with van der Waals surface area (Å²) < 4.78 is 11.6. The van der Waals surface area contributed by atoms with Gasteiger partial charge in [-0.1, -0.05) is 42.5 Å². The number of nitrogens with one attached hydrogen (secondary N) is 1. The molecular weight excluding hydrogens is 350 g/mol. The first-order chi connectivity index (χ1) is 13.8. The molecule has 136 valence electrons. The van der Waals surface area contributed by atoms with Crippen molar-refractivity contribution in [3.63, 3.8) is 0 Å². The standard InChI is InChI=1S/C23H17N3O2/c1-27-21-13-7-5-11-19(21)26-23-16(14-15-8-2-6-12-20(15)28-23)22-24-17-9-3-4-10-18(17)25-22/h2-14H,1H3,(H,24,25). The molecule has 5 aromatic rings. The maximum Gasteiger partial charge on any atom is 0.231 e. The number of rotatable bonds is 3. The maximum atomic E-state index is 6.16. The number of H-pyrrole nitrogens is 1. The number of aromatic nitrogens is 2. The molecule has 0 saturated heterocycles. The number of imidazole rings is 1. The molecule has 3 aromatic carbocycles. The molecule has 0 spiro atoms. The number of hydrogen-bond acceptors (Lipinski definition) is 4. The van der Waals surface area contributed by atoms with E-state index in [1.54, 1.807) is 7.11 Å². The van der Waals surface area contributed by atoms with E-state index in [1.165, 1.54) is 0 Å². The molecule has 0 aliphatic rings. The minimum Gasteiger partial charge on any atom is -0.494 e. The summed E-state index contributed by atoms with van der Waals surface area (Å²) >= 11 is 0. The first kappa shape index (κ1) is 16.3. The topological polar surface area (TPSA) is 63.4 Å². The predicted octanol–water partition coefficient (Wildman–Crippen LogP) is 5.22. The zero-order valence-corrected chi connectivity index (χ0v) is 15.2. The Balaban J connectivity index is 1.82. The summed E-state index contributed by atoms with van der Waals surface area (Å²) in [5.74, 6) is 1.39. The van der Waals surface area contributed by atoms with E-state index in [1.807, 2.05) is 78.9 Å². The molecule has 5 heteroatoms. The van der Waals surface area contributed by atoms with Gasteiger partial charge in [0.15, 0.2) is 0 Å². The highest BCUT2D eigenvalue weighted by Gasteiger charge is 2.12. The van der Waals surface area contributed by atoms with Gasteiger partial charge in [-0.15, -0.1) is 0 Å². The third kappa shape index (κ3) is 2.83. The quantitative estimate of drug-likeness (QED) is 0.476. The maximum absolute atomic E-state index is 6.16. The predicted molar refractivity (Wildman–Crippen MR) is 110 cm³/mol. The number of methoxy groups -OCH3 is 1. The van der Waals surface area contributed by atoms with Crippen molar-refractivity contribution in [2.45, 2.75) is 0 Å². The van der Waals surface area contributed by atoms with Crippen molar-refractivity contribution in [2.75, 3.05) is 7.11 Å². The number of ether oxygens (including phenoxy) is 1. The Kier molecular flexibility index (Phi) is 3.91. The van der Waals surface area contributed by atoms with Gasteiger partial charge in [-0.25, -0.2) is 9.98 Å². The summed E-state index contributed by atoms with van der Waals surface area (Å²) in [7, 11) is 1.63. The summed E-state index contributed by atoms with van der Waals surface area (Å²) in [6.45, 7) is 0. The van der Waals surface area contributed by atoms with Crippen molar-refractivity contribution in [3.05, 3.63) is 84.4 Å². The van der Waals surface area contributed by atoms with Crippen LogP contribution in [0.3, 0.4) is 0 Å². The van der Waals surface area contributed by atoms with Crippen molar-refractivity contribution in [2.24, 2.45) is 4.99 Å². The third-order valence-corrected chi connectivity index (χ3v) is 4.61. The van der Waals surface area contributed by atoms with Crippen LogP contribution in [0.4, 0.5) is 5.69 Å². The Bertz CT molecular complexity index is 1330. The average molecular weight is 367 g/mol. The molecule has 0 amide bonds. The lowest BCUT2D eigenvalue weighted by atomic mass is 10.2. The molecule has 0 aliphatic carbocycles. The minimum atomic E-state index is 0.474. The molecule has 0 saturated carbocycles. The van der Waals surface area contributed by atoms with Gasteiger partial charge in [0.25, 0.3) is 0 Å². The van der Waals surface area contributed by atoms with E-state index >= 15 is 0 Å². The van der Waals surface area contributed by atoms with Gasteiger partial charge in [0.2, 0.25) is 5.55 Å². The molecule has 0 radical (unpaired) electrons. The van der Waals surface area contributed by atoms with Crippen LogP contribution in [-0.2, 0) is 0 Å². The first-order valence-electron chi connectivity index (χ1n) is 8.97. The number of benzene rings is 3. The van der Waals surface area contributed by atoms with Gasteiger partial charge in [-0.05, 0) is 36.4 Å². The third-order valence-electron chi connectivity index (χ3n) is 4.61. The molecule has 0 unspecified atom stereocenters. The summed E-state index contributed by atoms with van der Waals surface area (Å²) in [5, 5.41) is 0.983. The van der Waals surface area contributed by atoms with Crippen molar-refractivity contribution in [3.8, 4) is 17.1 Å². The molecule has 1 N–H and O–H groups in total. The SMILES string of the molecule is COc1ccccc1N=c1oc2ccccc2cc1-c1nc2ccccc2[nH]1. The number of para-hydroxylation sites is 5. The average Bonchev–Trinajstić information content (AvgIpc) is 3.18. The lowest BCUT2D eigenvalue weighted by Gasteiger charge is -2.05. The van der Waals surface area contributed by atoms with Crippen molar-refractivity contribution < 1.29 is 9.15 Å². The van der Waals surface area contributed by atoms with Crippen LogP contribution in [0.2, 0.25) is 0 Å². The Morgan fingerprint density at radius 1 is 0.929 bits per heavy atom. The highest BCUT2D eigenvalue weighted by Crippen LogP contribution is 2.27. The lowest BCUT2D eigenvalue weighted by Crippen LogP contribution is -2.06. The van der Waals surface area contributed by atoms with E-state index in [4.69, 9.17) is 19.1 Å². The number of nitrogens with zero attached hydrogens (tertiary/aromatic N) is 2. The van der Waals surface area contributed by atoms with Crippen molar-refractivity contribution >= 4 is 27.7 Å². The van der Waals surface area contributed by atoms with Crippen LogP contribution >= 0.6 is 0 Å². The van der Waals surface area contributed by atoms with E-state index in [9.17, 15) is 0 Å². The summed E-state index contributed by atoms with van der Waals surface area (Å²) in [4.78, 5) is 12.9. The fourth-order valence-electron chi connectivity index (χ4n) is 3.23. The van der Waals surface area contributed by atoms with Crippen LogP contribution in [-0.4, -0.2) is 17.1 Å². The molecule has 0 fully saturated rings. The van der Waals surface area contributed by atoms with Crippen molar-refractivity contribution in [1.82, 2.24) is 9.97 Å². The number of hydrogen-bond donors (Lipinski definition) is 1. The summed E-state index contributed by atoms with van der Waals surface area (Å²) in [6, 6.07) is 25.4. The molecule has 0 aliphatic heterocycles. The molecule has 0 bridgehead atoms. The summed E-state index contributed by atoms with van der Waals surface area (Å²) in [6.07, 6.45) is 0. The second-order valence-corrected chi connectivity index (χ2v) is 6.39. The van der Waals surface area contributed by atoms with Gasteiger partial charge in [-0.2, -0.15) is 0 Å². The lowest BCUT2D eigenvalue weighted by molar-refractivity contribution is 0.415. The van der Waals surface area contributed by atoms with E-state index < -0.39 is 0 Å². The highest BCUT2D eigenvalue weighted by atomic mass is 16.5. The second kappa shape index (κ2) is 6.70. The largest absolute Gasteiger partial charge is 0.494 e. The van der Waals surface area contributed by atoms with Crippen molar-refractivity contribution in [1.29, 1.82) is 0 Å². The molecule has 5 rings (SSSR count). The number of fused-ring (bicyclic) bond motifs is 2. The van der Waals surface area contributed by atoms with Gasteiger partial charge in [0.1, 0.15) is 22.8 Å². The fourth-order valence-corrected chi connectivity index (χ4v) is 3.23. The first-order valence-corrected chi connectivity index (χ1v) is 8.97. The molecule has 5 nitrogen and oxygen atoms in total. The van der Waals surface area contributed by atoms with Gasteiger partial charge in [0, 0.05) is 5.39 Å². The van der Waals surface area contributed by atoms with Gasteiger partial charge in [0.05, 0.1) is 23.7 Å².